The van der Waals surface area contributed by atoms with Crippen molar-refractivity contribution in [1.29, 1.82) is 0 Å². The Balaban J connectivity index is 1.30. The lowest BCUT2D eigenvalue weighted by Crippen LogP contribution is -2.44. The minimum atomic E-state index is -0.00605. The number of hydrogen-bond acceptors (Lipinski definition) is 3. The van der Waals surface area contributed by atoms with Gasteiger partial charge in [0.05, 0.1) is 0 Å². The number of amides is 2. The van der Waals surface area contributed by atoms with Gasteiger partial charge in [0.25, 0.3) is 0 Å². The van der Waals surface area contributed by atoms with Gasteiger partial charge in [0.2, 0.25) is 11.8 Å². The largest absolute Gasteiger partial charge is 0.488 e. The molecule has 3 heterocycles. The summed E-state index contributed by atoms with van der Waals surface area (Å²) in [7, 11) is 0. The lowest BCUT2D eigenvalue weighted by atomic mass is 9.95. The molecule has 0 aromatic heterocycles. The molecule has 0 aliphatic carbocycles. The molecule has 0 radical (unpaired) electrons. The number of ether oxygens (including phenoxy) is 1. The summed E-state index contributed by atoms with van der Waals surface area (Å²) in [5.74, 6) is 1.15. The SMILES string of the molecule is O=C(C=CC1=Cc2cc(Cl)ccc2OC1)N1CCC(C(=O)N2CCCCCC2)CC1. The van der Waals surface area contributed by atoms with Crippen molar-refractivity contribution in [2.24, 2.45) is 5.92 Å². The van der Waals surface area contributed by atoms with E-state index in [-0.39, 0.29) is 11.8 Å². The summed E-state index contributed by atoms with van der Waals surface area (Å²) in [5.41, 5.74) is 1.86. The van der Waals surface area contributed by atoms with E-state index in [0.717, 1.165) is 55.7 Å². The molecule has 1 aromatic rings. The average molecular weight is 429 g/mol. The molecule has 0 atom stereocenters. The number of nitrogens with zero attached hydrogens (tertiary/aromatic N) is 2. The van der Waals surface area contributed by atoms with Crippen LogP contribution in [0.3, 0.4) is 0 Å². The van der Waals surface area contributed by atoms with E-state index in [0.29, 0.717) is 30.6 Å². The first-order valence-corrected chi connectivity index (χ1v) is 11.4. The second-order valence-corrected chi connectivity index (χ2v) is 8.80. The summed E-state index contributed by atoms with van der Waals surface area (Å²) < 4.78 is 5.73. The fraction of sp³-hybridized carbons (Fsp3) is 0.500. The molecule has 160 valence electrons. The van der Waals surface area contributed by atoms with E-state index in [1.807, 2.05) is 29.2 Å². The third kappa shape index (κ3) is 5.07. The molecule has 2 fully saturated rings. The lowest BCUT2D eigenvalue weighted by molar-refractivity contribution is -0.139. The predicted octanol–water partition coefficient (Wildman–Crippen LogP) is 4.31. The van der Waals surface area contributed by atoms with E-state index < -0.39 is 0 Å². The maximum atomic E-state index is 12.8. The van der Waals surface area contributed by atoms with Gasteiger partial charge in [0, 0.05) is 48.8 Å². The van der Waals surface area contributed by atoms with Gasteiger partial charge in [-0.25, -0.2) is 0 Å². The number of carbonyl (C=O) groups is 2. The zero-order valence-electron chi connectivity index (χ0n) is 17.3. The molecule has 3 aliphatic rings. The van der Waals surface area contributed by atoms with Crippen molar-refractivity contribution in [2.75, 3.05) is 32.8 Å². The number of halogens is 1. The highest BCUT2D eigenvalue weighted by atomic mass is 35.5. The van der Waals surface area contributed by atoms with E-state index in [1.165, 1.54) is 12.8 Å². The summed E-state index contributed by atoms with van der Waals surface area (Å²) in [4.78, 5) is 29.3. The second-order valence-electron chi connectivity index (χ2n) is 8.36. The minimum absolute atomic E-state index is 0.00605. The quantitative estimate of drug-likeness (QED) is 0.674. The first kappa shape index (κ1) is 21.0. The van der Waals surface area contributed by atoms with E-state index in [1.54, 1.807) is 12.1 Å². The molecule has 0 unspecified atom stereocenters. The van der Waals surface area contributed by atoms with Crippen LogP contribution in [-0.2, 0) is 9.59 Å². The van der Waals surface area contributed by atoms with Crippen molar-refractivity contribution in [3.63, 3.8) is 0 Å². The maximum Gasteiger partial charge on any atom is 0.246 e. The fourth-order valence-electron chi connectivity index (χ4n) is 4.44. The van der Waals surface area contributed by atoms with Crippen molar-refractivity contribution in [3.8, 4) is 5.75 Å². The zero-order chi connectivity index (χ0) is 20.9. The van der Waals surface area contributed by atoms with Crippen LogP contribution in [0.25, 0.3) is 6.08 Å². The normalized spacial score (nSPS) is 20.4. The highest BCUT2D eigenvalue weighted by Gasteiger charge is 2.29. The Bertz CT molecular complexity index is 848. The summed E-state index contributed by atoms with van der Waals surface area (Å²) in [6, 6.07) is 5.52. The number of likely N-dealkylation sites (tertiary alicyclic amines) is 2. The van der Waals surface area contributed by atoms with Gasteiger partial charge in [-0.05, 0) is 55.5 Å². The smallest absolute Gasteiger partial charge is 0.246 e. The van der Waals surface area contributed by atoms with Crippen LogP contribution in [0, 0.1) is 5.92 Å². The van der Waals surface area contributed by atoms with Crippen molar-refractivity contribution < 1.29 is 14.3 Å². The molecular weight excluding hydrogens is 400 g/mol. The standard InChI is InChI=1S/C24H29ClN2O3/c25-21-6-7-22-20(16-21)15-18(17-30-22)5-8-23(28)26-13-9-19(10-14-26)24(29)27-11-3-1-2-4-12-27/h5-8,15-16,19H,1-4,9-14,17H2. The third-order valence-corrected chi connectivity index (χ3v) is 6.46. The van der Waals surface area contributed by atoms with Crippen LogP contribution in [0.15, 0.2) is 35.9 Å². The van der Waals surface area contributed by atoms with E-state index in [4.69, 9.17) is 16.3 Å². The van der Waals surface area contributed by atoms with Crippen LogP contribution in [0.1, 0.15) is 44.1 Å². The number of rotatable bonds is 3. The Morgan fingerprint density at radius 2 is 1.73 bits per heavy atom. The molecule has 2 amide bonds. The van der Waals surface area contributed by atoms with Crippen molar-refractivity contribution in [2.45, 2.75) is 38.5 Å². The molecule has 3 aliphatic heterocycles. The Morgan fingerprint density at radius 1 is 1.00 bits per heavy atom. The number of fused-ring (bicyclic) bond motifs is 1. The summed E-state index contributed by atoms with van der Waals surface area (Å²) >= 11 is 6.05. The Morgan fingerprint density at radius 3 is 2.47 bits per heavy atom. The minimum Gasteiger partial charge on any atom is -0.488 e. The summed E-state index contributed by atoms with van der Waals surface area (Å²) in [6.07, 6.45) is 11.6. The maximum absolute atomic E-state index is 12.8. The molecule has 1 aromatic carbocycles. The summed E-state index contributed by atoms with van der Waals surface area (Å²) in [6.45, 7) is 3.51. The lowest BCUT2D eigenvalue weighted by Gasteiger charge is -2.33. The first-order valence-electron chi connectivity index (χ1n) is 11.0. The predicted molar refractivity (Wildman–Crippen MR) is 118 cm³/mol. The molecule has 0 bridgehead atoms. The number of piperidine rings is 1. The van der Waals surface area contributed by atoms with Gasteiger partial charge in [-0.15, -0.1) is 0 Å². The van der Waals surface area contributed by atoms with E-state index in [9.17, 15) is 9.59 Å². The molecule has 0 spiro atoms. The van der Waals surface area contributed by atoms with E-state index >= 15 is 0 Å². The van der Waals surface area contributed by atoms with Gasteiger partial charge >= 0.3 is 0 Å². The van der Waals surface area contributed by atoms with Crippen LogP contribution in [-0.4, -0.2) is 54.4 Å². The molecule has 0 saturated carbocycles. The molecule has 4 rings (SSSR count). The number of carbonyl (C=O) groups excluding carboxylic acids is 2. The molecule has 30 heavy (non-hydrogen) atoms. The molecule has 2 saturated heterocycles. The molecular formula is C24H29ClN2O3. The van der Waals surface area contributed by atoms with Crippen LogP contribution >= 0.6 is 11.6 Å². The van der Waals surface area contributed by atoms with Gasteiger partial charge in [-0.2, -0.15) is 0 Å². The highest BCUT2D eigenvalue weighted by Crippen LogP contribution is 2.29. The molecule has 6 heteroatoms. The Hall–Kier alpha value is -2.27. The van der Waals surface area contributed by atoms with Crippen molar-refractivity contribution in [3.05, 3.63) is 46.5 Å². The van der Waals surface area contributed by atoms with Crippen LogP contribution in [0.2, 0.25) is 5.02 Å². The Labute approximate surface area is 183 Å². The fourth-order valence-corrected chi connectivity index (χ4v) is 4.62. The molecule has 5 nitrogen and oxygen atoms in total. The van der Waals surface area contributed by atoms with E-state index in [2.05, 4.69) is 4.90 Å². The highest BCUT2D eigenvalue weighted by molar-refractivity contribution is 6.30. The third-order valence-electron chi connectivity index (χ3n) is 6.22. The van der Waals surface area contributed by atoms with Crippen LogP contribution in [0.4, 0.5) is 0 Å². The number of hydrogen-bond donors (Lipinski definition) is 0. The van der Waals surface area contributed by atoms with Crippen molar-refractivity contribution >= 4 is 29.5 Å². The topological polar surface area (TPSA) is 49.9 Å². The van der Waals surface area contributed by atoms with Gasteiger partial charge in [-0.1, -0.05) is 30.5 Å². The number of benzene rings is 1. The van der Waals surface area contributed by atoms with Crippen LogP contribution < -0.4 is 4.74 Å². The zero-order valence-corrected chi connectivity index (χ0v) is 18.1. The van der Waals surface area contributed by atoms with Crippen LogP contribution in [0.5, 0.6) is 5.75 Å². The second kappa shape index (κ2) is 9.69. The van der Waals surface area contributed by atoms with Gasteiger partial charge in [0.1, 0.15) is 12.4 Å². The van der Waals surface area contributed by atoms with Crippen molar-refractivity contribution in [1.82, 2.24) is 9.80 Å². The monoisotopic (exact) mass is 428 g/mol. The van der Waals surface area contributed by atoms with Gasteiger partial charge < -0.3 is 14.5 Å². The summed E-state index contributed by atoms with van der Waals surface area (Å²) in [5, 5.41) is 0.660. The Kier molecular flexibility index (Phi) is 6.78. The van der Waals surface area contributed by atoms with Gasteiger partial charge in [0.15, 0.2) is 0 Å². The molecule has 0 N–H and O–H groups in total. The average Bonchev–Trinajstić information content (AvgIpc) is 3.06. The van der Waals surface area contributed by atoms with Gasteiger partial charge in [-0.3, -0.25) is 9.59 Å². The first-order chi connectivity index (χ1) is 14.6.